The van der Waals surface area contributed by atoms with Crippen molar-refractivity contribution < 1.29 is 14.2 Å². The van der Waals surface area contributed by atoms with Gasteiger partial charge in [0.2, 0.25) is 6.29 Å². The highest BCUT2D eigenvalue weighted by Gasteiger charge is 2.23. The molecule has 1 saturated heterocycles. The summed E-state index contributed by atoms with van der Waals surface area (Å²) in [4.78, 5) is 0. The second-order valence-electron chi connectivity index (χ2n) is 3.73. The van der Waals surface area contributed by atoms with Crippen molar-refractivity contribution in [2.24, 2.45) is 0 Å². The van der Waals surface area contributed by atoms with Gasteiger partial charge in [-0.3, -0.25) is 0 Å². The van der Waals surface area contributed by atoms with Crippen molar-refractivity contribution >= 4 is 11.6 Å². The quantitative estimate of drug-likeness (QED) is 0.815. The summed E-state index contributed by atoms with van der Waals surface area (Å²) in [6.45, 7) is 0. The zero-order valence-corrected chi connectivity index (χ0v) is 9.94. The molecule has 0 unspecified atom stereocenters. The molecule has 2 rings (SSSR count). The number of halogens is 1. The molecule has 0 aliphatic carbocycles. The summed E-state index contributed by atoms with van der Waals surface area (Å²) >= 11 is 5.79. The highest BCUT2D eigenvalue weighted by Crippen LogP contribution is 2.23. The first-order valence-corrected chi connectivity index (χ1v) is 5.76. The Hall–Kier alpha value is -0.770. The van der Waals surface area contributed by atoms with Crippen molar-refractivity contribution in [3.05, 3.63) is 29.3 Å². The van der Waals surface area contributed by atoms with Crippen LogP contribution in [0.2, 0.25) is 5.02 Å². The Bertz CT molecular complexity index is 326. The number of rotatable bonds is 3. The molecule has 3 nitrogen and oxygen atoms in total. The second kappa shape index (κ2) is 5.53. The van der Waals surface area contributed by atoms with E-state index in [4.69, 9.17) is 25.8 Å². The zero-order chi connectivity index (χ0) is 11.4. The van der Waals surface area contributed by atoms with Gasteiger partial charge in [0.25, 0.3) is 0 Å². The SMILES string of the molecule is CO[C@@H]1CCC[C@@H](Oc2ccc(Cl)cc2)O1. The third kappa shape index (κ3) is 3.11. The summed E-state index contributed by atoms with van der Waals surface area (Å²) in [5.74, 6) is 0.770. The summed E-state index contributed by atoms with van der Waals surface area (Å²) in [5.41, 5.74) is 0. The van der Waals surface area contributed by atoms with Gasteiger partial charge in [-0.1, -0.05) is 11.6 Å². The molecule has 0 saturated carbocycles. The molecule has 1 aliphatic rings. The molecule has 0 radical (unpaired) electrons. The number of benzene rings is 1. The van der Waals surface area contributed by atoms with E-state index in [1.165, 1.54) is 0 Å². The van der Waals surface area contributed by atoms with Crippen LogP contribution < -0.4 is 4.74 Å². The van der Waals surface area contributed by atoms with Crippen LogP contribution in [0.5, 0.6) is 5.75 Å². The summed E-state index contributed by atoms with van der Waals surface area (Å²) in [5, 5.41) is 0.701. The first-order valence-electron chi connectivity index (χ1n) is 5.38. The summed E-state index contributed by atoms with van der Waals surface area (Å²) in [7, 11) is 1.65. The molecule has 2 atom stereocenters. The Morgan fingerprint density at radius 1 is 1.19 bits per heavy atom. The Morgan fingerprint density at radius 2 is 1.88 bits per heavy atom. The lowest BCUT2D eigenvalue weighted by atomic mass is 10.2. The number of hydrogen-bond acceptors (Lipinski definition) is 3. The minimum absolute atomic E-state index is 0.147. The average Bonchev–Trinajstić information content (AvgIpc) is 2.32. The predicted octanol–water partition coefficient (Wildman–Crippen LogP) is 3.22. The highest BCUT2D eigenvalue weighted by molar-refractivity contribution is 6.30. The fraction of sp³-hybridized carbons (Fsp3) is 0.500. The lowest BCUT2D eigenvalue weighted by Crippen LogP contribution is -2.32. The summed E-state index contributed by atoms with van der Waals surface area (Å²) in [6, 6.07) is 7.27. The van der Waals surface area contributed by atoms with E-state index in [-0.39, 0.29) is 12.6 Å². The van der Waals surface area contributed by atoms with E-state index in [0.29, 0.717) is 5.02 Å². The molecule has 0 bridgehead atoms. The molecule has 1 heterocycles. The summed E-state index contributed by atoms with van der Waals surface area (Å²) in [6.07, 6.45) is 2.50. The van der Waals surface area contributed by atoms with Crippen molar-refractivity contribution in [3.63, 3.8) is 0 Å². The molecule has 4 heteroatoms. The second-order valence-corrected chi connectivity index (χ2v) is 4.17. The van der Waals surface area contributed by atoms with E-state index in [0.717, 1.165) is 25.0 Å². The van der Waals surface area contributed by atoms with Crippen molar-refractivity contribution in [1.29, 1.82) is 0 Å². The molecule has 1 aromatic rings. The van der Waals surface area contributed by atoms with Gasteiger partial charge < -0.3 is 14.2 Å². The van der Waals surface area contributed by atoms with Gasteiger partial charge in [-0.05, 0) is 37.1 Å². The van der Waals surface area contributed by atoms with E-state index in [1.807, 2.05) is 12.1 Å². The van der Waals surface area contributed by atoms with E-state index in [9.17, 15) is 0 Å². The number of methoxy groups -OCH3 is 1. The monoisotopic (exact) mass is 242 g/mol. The average molecular weight is 243 g/mol. The maximum absolute atomic E-state index is 5.79. The maximum atomic E-state index is 5.79. The normalized spacial score (nSPS) is 25.4. The molecule has 1 aliphatic heterocycles. The van der Waals surface area contributed by atoms with Crippen molar-refractivity contribution in [2.75, 3.05) is 7.11 Å². The minimum Gasteiger partial charge on any atom is -0.465 e. The largest absolute Gasteiger partial charge is 0.465 e. The van der Waals surface area contributed by atoms with Gasteiger partial charge in [-0.15, -0.1) is 0 Å². The fourth-order valence-electron chi connectivity index (χ4n) is 1.68. The third-order valence-electron chi connectivity index (χ3n) is 2.53. The van der Waals surface area contributed by atoms with Crippen LogP contribution in [0.4, 0.5) is 0 Å². The molecule has 0 N–H and O–H groups in total. The van der Waals surface area contributed by atoms with Crippen LogP contribution >= 0.6 is 11.6 Å². The van der Waals surface area contributed by atoms with Crippen LogP contribution in [0, 0.1) is 0 Å². The zero-order valence-electron chi connectivity index (χ0n) is 9.19. The molecular weight excluding hydrogens is 228 g/mol. The van der Waals surface area contributed by atoms with Crippen LogP contribution in [0.1, 0.15) is 19.3 Å². The van der Waals surface area contributed by atoms with E-state index in [2.05, 4.69) is 0 Å². The summed E-state index contributed by atoms with van der Waals surface area (Å²) < 4.78 is 16.4. The number of hydrogen-bond donors (Lipinski definition) is 0. The standard InChI is InChI=1S/C12H15ClO3/c1-14-11-3-2-4-12(16-11)15-10-7-5-9(13)6-8-10/h5-8,11-12H,2-4H2,1H3/t11-,12-/m0/s1. The first kappa shape index (κ1) is 11.7. The lowest BCUT2D eigenvalue weighted by molar-refractivity contribution is -0.232. The van der Waals surface area contributed by atoms with Crippen LogP contribution in [0.25, 0.3) is 0 Å². The Labute approximate surface area is 100 Å². The molecule has 0 spiro atoms. The Balaban J connectivity index is 1.91. The van der Waals surface area contributed by atoms with Crippen molar-refractivity contribution in [2.45, 2.75) is 31.8 Å². The van der Waals surface area contributed by atoms with Crippen molar-refractivity contribution in [3.8, 4) is 5.75 Å². The van der Waals surface area contributed by atoms with Crippen molar-refractivity contribution in [1.82, 2.24) is 0 Å². The van der Waals surface area contributed by atoms with Gasteiger partial charge in [0.05, 0.1) is 0 Å². The van der Waals surface area contributed by atoms with Gasteiger partial charge in [0, 0.05) is 18.6 Å². The molecule has 88 valence electrons. The van der Waals surface area contributed by atoms with Crippen LogP contribution in [-0.4, -0.2) is 19.7 Å². The Morgan fingerprint density at radius 3 is 2.56 bits per heavy atom. The molecule has 1 aromatic carbocycles. The van der Waals surface area contributed by atoms with Crippen LogP contribution in [-0.2, 0) is 9.47 Å². The molecule has 0 amide bonds. The third-order valence-corrected chi connectivity index (χ3v) is 2.78. The Kier molecular flexibility index (Phi) is 4.04. The molecule has 16 heavy (non-hydrogen) atoms. The number of ether oxygens (including phenoxy) is 3. The van der Waals surface area contributed by atoms with Gasteiger partial charge >= 0.3 is 0 Å². The first-order chi connectivity index (χ1) is 7.78. The topological polar surface area (TPSA) is 27.7 Å². The van der Waals surface area contributed by atoms with Gasteiger partial charge in [-0.25, -0.2) is 0 Å². The van der Waals surface area contributed by atoms with Crippen LogP contribution in [0.15, 0.2) is 24.3 Å². The van der Waals surface area contributed by atoms with Gasteiger partial charge in [0.1, 0.15) is 5.75 Å². The lowest BCUT2D eigenvalue weighted by Gasteiger charge is -2.29. The fourth-order valence-corrected chi connectivity index (χ4v) is 1.81. The van der Waals surface area contributed by atoms with E-state index in [1.54, 1.807) is 19.2 Å². The minimum atomic E-state index is -0.222. The van der Waals surface area contributed by atoms with E-state index >= 15 is 0 Å². The smallest absolute Gasteiger partial charge is 0.202 e. The predicted molar refractivity (Wildman–Crippen MR) is 61.6 cm³/mol. The van der Waals surface area contributed by atoms with Crippen LogP contribution in [0.3, 0.4) is 0 Å². The molecular formula is C12H15ClO3. The van der Waals surface area contributed by atoms with Gasteiger partial charge in [-0.2, -0.15) is 0 Å². The molecule has 0 aromatic heterocycles. The highest BCUT2D eigenvalue weighted by atomic mass is 35.5. The van der Waals surface area contributed by atoms with Gasteiger partial charge in [0.15, 0.2) is 6.29 Å². The molecule has 1 fully saturated rings. The maximum Gasteiger partial charge on any atom is 0.202 e. The van der Waals surface area contributed by atoms with E-state index < -0.39 is 0 Å².